The normalized spacial score (nSPS) is 31.4. The largest absolute Gasteiger partial charge is 0.313 e. The second-order valence-electron chi connectivity index (χ2n) is 6.16. The van der Waals surface area contributed by atoms with Gasteiger partial charge in [0.05, 0.1) is 6.07 Å². The van der Waals surface area contributed by atoms with E-state index < -0.39 is 5.54 Å². The van der Waals surface area contributed by atoms with E-state index in [4.69, 9.17) is 5.73 Å². The monoisotopic (exact) mass is 291 g/mol. The van der Waals surface area contributed by atoms with Crippen molar-refractivity contribution in [2.24, 2.45) is 11.7 Å². The lowest BCUT2D eigenvalue weighted by molar-refractivity contribution is 0.170. The lowest BCUT2D eigenvalue weighted by atomic mass is 9.71. The highest BCUT2D eigenvalue weighted by Gasteiger charge is 2.45. The van der Waals surface area contributed by atoms with Crippen LogP contribution in [-0.4, -0.2) is 5.54 Å². The number of rotatable bonds is 2. The van der Waals surface area contributed by atoms with E-state index in [0.717, 1.165) is 0 Å². The summed E-state index contributed by atoms with van der Waals surface area (Å²) in [5.41, 5.74) is 7.99. The summed E-state index contributed by atoms with van der Waals surface area (Å²) >= 11 is 0. The van der Waals surface area contributed by atoms with Gasteiger partial charge < -0.3 is 11.1 Å². The number of nitrogens with two attached hydrogens (primary N) is 1. The Balaban J connectivity index is 1.98. The predicted molar refractivity (Wildman–Crippen MR) is 87.8 cm³/mol. The molecule has 3 rings (SSSR count). The van der Waals surface area contributed by atoms with Crippen LogP contribution in [0, 0.1) is 17.2 Å². The maximum atomic E-state index is 9.65. The lowest BCUT2D eigenvalue weighted by Crippen LogP contribution is -2.56. The average Bonchev–Trinajstić information content (AvgIpc) is 2.59. The van der Waals surface area contributed by atoms with Gasteiger partial charge in [-0.25, -0.2) is 0 Å². The zero-order valence-electron chi connectivity index (χ0n) is 12.7. The van der Waals surface area contributed by atoms with Gasteiger partial charge in [0.2, 0.25) is 0 Å². The summed E-state index contributed by atoms with van der Waals surface area (Å²) in [6.45, 7) is 2.06. The van der Waals surface area contributed by atoms with E-state index in [2.05, 4.69) is 42.6 Å². The van der Waals surface area contributed by atoms with Gasteiger partial charge >= 0.3 is 0 Å². The van der Waals surface area contributed by atoms with Crippen LogP contribution in [0.4, 0.5) is 0 Å². The predicted octanol–water partition coefficient (Wildman–Crippen LogP) is 3.32. The summed E-state index contributed by atoms with van der Waals surface area (Å²) in [6, 6.07) is 23.0. The van der Waals surface area contributed by atoms with Crippen LogP contribution in [0.3, 0.4) is 0 Å². The van der Waals surface area contributed by atoms with Crippen molar-refractivity contribution in [3.63, 3.8) is 0 Å². The second-order valence-corrected chi connectivity index (χ2v) is 6.16. The zero-order valence-corrected chi connectivity index (χ0v) is 12.7. The molecule has 1 aliphatic heterocycles. The minimum atomic E-state index is -0.827. The third-order valence-electron chi connectivity index (χ3n) is 4.80. The van der Waals surface area contributed by atoms with Crippen LogP contribution in [-0.2, 0) is 0 Å². The summed E-state index contributed by atoms with van der Waals surface area (Å²) in [5, 5.41) is 13.3. The number of hydrogen-bond donors (Lipinski definition) is 2. The van der Waals surface area contributed by atoms with Crippen molar-refractivity contribution < 1.29 is 0 Å². The van der Waals surface area contributed by atoms with E-state index in [1.807, 2.05) is 36.4 Å². The Labute approximate surface area is 131 Å². The summed E-state index contributed by atoms with van der Waals surface area (Å²) in [6.07, 6.45) is 0.623. The fraction of sp³-hybridized carbons (Fsp3) is 0.316. The van der Waals surface area contributed by atoms with E-state index in [9.17, 15) is 5.26 Å². The summed E-state index contributed by atoms with van der Waals surface area (Å²) < 4.78 is 0. The molecule has 0 unspecified atom stereocenters. The molecule has 0 bridgehead atoms. The number of nitrogens with one attached hydrogen (secondary N) is 1. The number of nitrogens with zero attached hydrogens (tertiary/aromatic N) is 1. The number of piperidine rings is 1. The molecule has 1 heterocycles. The molecule has 1 saturated heterocycles. The lowest BCUT2D eigenvalue weighted by Gasteiger charge is -2.45. The van der Waals surface area contributed by atoms with Crippen molar-refractivity contribution in [1.82, 2.24) is 5.32 Å². The number of benzene rings is 2. The topological polar surface area (TPSA) is 61.8 Å². The standard InChI is InChI=1S/C19H21N3/c1-14-18(16-10-6-3-7-11-16)22-17(12-19(14,21)13-20)15-8-4-2-5-9-15/h2-11,14,17-18,22H,12,21H2,1H3/t14-,17-,18-,19-/m0/s1. The summed E-state index contributed by atoms with van der Waals surface area (Å²) in [7, 11) is 0. The molecule has 2 aromatic carbocycles. The van der Waals surface area contributed by atoms with Gasteiger partial charge in [0, 0.05) is 18.0 Å². The second kappa shape index (κ2) is 5.92. The first-order chi connectivity index (χ1) is 10.6. The van der Waals surface area contributed by atoms with Gasteiger partial charge in [0.1, 0.15) is 5.54 Å². The molecule has 0 spiro atoms. The maximum Gasteiger partial charge on any atom is 0.110 e. The van der Waals surface area contributed by atoms with E-state index in [-0.39, 0.29) is 18.0 Å². The Morgan fingerprint density at radius 3 is 2.14 bits per heavy atom. The number of hydrogen-bond acceptors (Lipinski definition) is 3. The molecule has 0 saturated carbocycles. The highest BCUT2D eigenvalue weighted by molar-refractivity contribution is 5.29. The fourth-order valence-corrected chi connectivity index (χ4v) is 3.33. The molecule has 0 amide bonds. The van der Waals surface area contributed by atoms with Crippen molar-refractivity contribution >= 4 is 0 Å². The van der Waals surface area contributed by atoms with Crippen LogP contribution in [0.25, 0.3) is 0 Å². The molecule has 1 fully saturated rings. The summed E-state index contributed by atoms with van der Waals surface area (Å²) in [4.78, 5) is 0. The quantitative estimate of drug-likeness (QED) is 0.892. The van der Waals surface area contributed by atoms with Crippen molar-refractivity contribution in [2.45, 2.75) is 31.0 Å². The first-order valence-corrected chi connectivity index (χ1v) is 7.70. The van der Waals surface area contributed by atoms with Crippen LogP contribution < -0.4 is 11.1 Å². The highest BCUT2D eigenvalue weighted by Crippen LogP contribution is 2.41. The Bertz CT molecular complexity index is 662. The molecule has 1 aliphatic rings. The highest BCUT2D eigenvalue weighted by atomic mass is 15.0. The molecular weight excluding hydrogens is 270 g/mol. The molecule has 4 atom stereocenters. The van der Waals surface area contributed by atoms with Crippen molar-refractivity contribution in [3.8, 4) is 6.07 Å². The average molecular weight is 291 g/mol. The Morgan fingerprint density at radius 1 is 1.05 bits per heavy atom. The maximum absolute atomic E-state index is 9.65. The van der Waals surface area contributed by atoms with Gasteiger partial charge in [-0.3, -0.25) is 0 Å². The van der Waals surface area contributed by atoms with Gasteiger partial charge in [-0.2, -0.15) is 5.26 Å². The van der Waals surface area contributed by atoms with E-state index in [1.54, 1.807) is 0 Å². The van der Waals surface area contributed by atoms with Crippen LogP contribution in [0.2, 0.25) is 0 Å². The molecule has 3 nitrogen and oxygen atoms in total. The van der Waals surface area contributed by atoms with Gasteiger partial charge in [0.25, 0.3) is 0 Å². The Hall–Kier alpha value is -2.15. The SMILES string of the molecule is C[C@H]1[C@@H](c2ccccc2)N[C@H](c2ccccc2)C[C@]1(N)C#N. The van der Waals surface area contributed by atoms with Crippen LogP contribution in [0.5, 0.6) is 0 Å². The molecule has 3 heteroatoms. The van der Waals surface area contributed by atoms with Gasteiger partial charge in [0.15, 0.2) is 0 Å². The third-order valence-corrected chi connectivity index (χ3v) is 4.80. The molecule has 112 valence electrons. The molecule has 0 aliphatic carbocycles. The summed E-state index contributed by atoms with van der Waals surface area (Å²) in [5.74, 6) is 0.0415. The van der Waals surface area contributed by atoms with Crippen molar-refractivity contribution in [1.29, 1.82) is 5.26 Å². The molecule has 0 aromatic heterocycles. The van der Waals surface area contributed by atoms with Crippen LogP contribution in [0.1, 0.15) is 36.6 Å². The van der Waals surface area contributed by atoms with Gasteiger partial charge in [-0.15, -0.1) is 0 Å². The van der Waals surface area contributed by atoms with Crippen LogP contribution >= 0.6 is 0 Å². The molecule has 2 aromatic rings. The Morgan fingerprint density at radius 2 is 1.59 bits per heavy atom. The molecular formula is C19H21N3. The minimum Gasteiger partial charge on any atom is -0.313 e. The van der Waals surface area contributed by atoms with E-state index in [0.29, 0.717) is 6.42 Å². The fourth-order valence-electron chi connectivity index (χ4n) is 3.33. The van der Waals surface area contributed by atoms with Gasteiger partial charge in [-0.1, -0.05) is 67.6 Å². The number of nitriles is 1. The van der Waals surface area contributed by atoms with Crippen LogP contribution in [0.15, 0.2) is 60.7 Å². The Kier molecular flexibility index (Phi) is 3.98. The van der Waals surface area contributed by atoms with Crippen molar-refractivity contribution in [3.05, 3.63) is 71.8 Å². The minimum absolute atomic E-state index is 0.0415. The van der Waals surface area contributed by atoms with E-state index >= 15 is 0 Å². The first-order valence-electron chi connectivity index (χ1n) is 7.70. The molecule has 3 N–H and O–H groups in total. The third kappa shape index (κ3) is 2.64. The molecule has 0 radical (unpaired) electrons. The van der Waals surface area contributed by atoms with Crippen molar-refractivity contribution in [2.75, 3.05) is 0 Å². The van der Waals surface area contributed by atoms with E-state index in [1.165, 1.54) is 11.1 Å². The van der Waals surface area contributed by atoms with Gasteiger partial charge in [-0.05, 0) is 17.5 Å². The zero-order chi connectivity index (χ0) is 15.6. The molecule has 22 heavy (non-hydrogen) atoms. The smallest absolute Gasteiger partial charge is 0.110 e. The first kappa shape index (κ1) is 14.8.